The molecule has 8 heteroatoms. The summed E-state index contributed by atoms with van der Waals surface area (Å²) in [4.78, 5) is 11.7. The quantitative estimate of drug-likeness (QED) is 0.691. The molecule has 0 amide bonds. The standard InChI is InChI=1S/C18H20Cl2N6/c1-10-17(26-8-6-18(2,21)7-9-26)23-16-15(22-10)14(24-25-16)11-4-3-5-12(19)13(11)20/h3-5H,6-9,21H2,1-2H3,(H,23,24,25). The monoisotopic (exact) mass is 390 g/mol. The van der Waals surface area contributed by atoms with Crippen LogP contribution >= 0.6 is 23.2 Å². The van der Waals surface area contributed by atoms with Gasteiger partial charge in [-0.3, -0.25) is 5.10 Å². The lowest BCUT2D eigenvalue weighted by Gasteiger charge is -2.37. The summed E-state index contributed by atoms with van der Waals surface area (Å²) >= 11 is 12.5. The lowest BCUT2D eigenvalue weighted by molar-refractivity contribution is 0.363. The Morgan fingerprint density at radius 2 is 1.92 bits per heavy atom. The van der Waals surface area contributed by atoms with Crippen molar-refractivity contribution in [3.8, 4) is 11.3 Å². The van der Waals surface area contributed by atoms with Crippen molar-refractivity contribution in [2.24, 2.45) is 5.73 Å². The third-order valence-corrected chi connectivity index (χ3v) is 5.78. The molecule has 3 heterocycles. The number of anilines is 1. The highest BCUT2D eigenvalue weighted by molar-refractivity contribution is 6.43. The predicted molar refractivity (Wildman–Crippen MR) is 106 cm³/mol. The Morgan fingerprint density at radius 1 is 1.19 bits per heavy atom. The van der Waals surface area contributed by atoms with E-state index in [0.717, 1.165) is 48.7 Å². The van der Waals surface area contributed by atoms with Gasteiger partial charge in [-0.05, 0) is 32.8 Å². The lowest BCUT2D eigenvalue weighted by Crippen LogP contribution is -2.48. The van der Waals surface area contributed by atoms with E-state index in [-0.39, 0.29) is 5.54 Å². The van der Waals surface area contributed by atoms with Crippen molar-refractivity contribution in [1.29, 1.82) is 0 Å². The van der Waals surface area contributed by atoms with Gasteiger partial charge in [0.1, 0.15) is 5.52 Å². The molecule has 3 N–H and O–H groups in total. The van der Waals surface area contributed by atoms with Crippen LogP contribution in [0.4, 0.5) is 5.82 Å². The van der Waals surface area contributed by atoms with Gasteiger partial charge in [-0.15, -0.1) is 0 Å². The Labute approximate surface area is 161 Å². The largest absolute Gasteiger partial charge is 0.355 e. The van der Waals surface area contributed by atoms with E-state index in [1.165, 1.54) is 0 Å². The van der Waals surface area contributed by atoms with Gasteiger partial charge in [0.05, 0.1) is 21.4 Å². The minimum Gasteiger partial charge on any atom is -0.355 e. The highest BCUT2D eigenvalue weighted by atomic mass is 35.5. The van der Waals surface area contributed by atoms with Crippen molar-refractivity contribution in [3.63, 3.8) is 0 Å². The molecule has 136 valence electrons. The van der Waals surface area contributed by atoms with Gasteiger partial charge in [0.2, 0.25) is 5.65 Å². The highest BCUT2D eigenvalue weighted by Crippen LogP contribution is 2.36. The second-order valence-corrected chi connectivity index (χ2v) is 7.93. The molecule has 1 saturated heterocycles. The van der Waals surface area contributed by atoms with Crippen molar-refractivity contribution in [3.05, 3.63) is 33.9 Å². The molecule has 1 aliphatic heterocycles. The van der Waals surface area contributed by atoms with Gasteiger partial charge < -0.3 is 10.6 Å². The molecule has 6 nitrogen and oxygen atoms in total. The maximum atomic E-state index is 6.36. The summed E-state index contributed by atoms with van der Waals surface area (Å²) in [5.74, 6) is 0.864. The number of nitrogens with zero attached hydrogens (tertiary/aromatic N) is 4. The van der Waals surface area contributed by atoms with Crippen molar-refractivity contribution < 1.29 is 0 Å². The van der Waals surface area contributed by atoms with Crippen molar-refractivity contribution in [2.75, 3.05) is 18.0 Å². The minimum absolute atomic E-state index is 0.106. The Bertz CT molecular complexity index is 971. The number of halogens is 2. The maximum Gasteiger partial charge on any atom is 0.202 e. The Kier molecular flexibility index (Phi) is 4.29. The van der Waals surface area contributed by atoms with Crippen LogP contribution < -0.4 is 10.6 Å². The van der Waals surface area contributed by atoms with E-state index < -0.39 is 0 Å². The number of nitrogens with two attached hydrogens (primary N) is 1. The van der Waals surface area contributed by atoms with Crippen LogP contribution in [0.5, 0.6) is 0 Å². The molecular formula is C18H20Cl2N6. The summed E-state index contributed by atoms with van der Waals surface area (Å²) < 4.78 is 0. The molecule has 0 saturated carbocycles. The molecule has 2 aromatic heterocycles. The summed E-state index contributed by atoms with van der Waals surface area (Å²) in [6.07, 6.45) is 1.85. The first-order valence-electron chi connectivity index (χ1n) is 8.57. The molecular weight excluding hydrogens is 371 g/mol. The molecule has 1 fully saturated rings. The molecule has 1 aromatic carbocycles. The van der Waals surface area contributed by atoms with Gasteiger partial charge in [0, 0.05) is 24.2 Å². The van der Waals surface area contributed by atoms with Crippen molar-refractivity contribution >= 4 is 40.2 Å². The fourth-order valence-electron chi connectivity index (χ4n) is 3.32. The van der Waals surface area contributed by atoms with Gasteiger partial charge in [-0.25, -0.2) is 9.97 Å². The fraction of sp³-hybridized carbons (Fsp3) is 0.389. The van der Waals surface area contributed by atoms with E-state index in [2.05, 4.69) is 22.0 Å². The van der Waals surface area contributed by atoms with Gasteiger partial charge in [-0.1, -0.05) is 35.3 Å². The number of fused-ring (bicyclic) bond motifs is 1. The molecule has 0 radical (unpaired) electrons. The molecule has 1 aliphatic rings. The van der Waals surface area contributed by atoms with Crippen LogP contribution in [-0.2, 0) is 0 Å². The molecule has 4 rings (SSSR count). The van der Waals surface area contributed by atoms with E-state index in [1.54, 1.807) is 6.07 Å². The molecule has 0 atom stereocenters. The number of aromatic amines is 1. The minimum atomic E-state index is -0.106. The number of hydrogen-bond donors (Lipinski definition) is 2. The normalized spacial score (nSPS) is 17.0. The average molecular weight is 391 g/mol. The van der Waals surface area contributed by atoms with Crippen LogP contribution in [0.15, 0.2) is 18.2 Å². The number of hydrogen-bond acceptors (Lipinski definition) is 5. The first-order chi connectivity index (χ1) is 12.4. The first kappa shape index (κ1) is 17.5. The average Bonchev–Trinajstić information content (AvgIpc) is 2.99. The maximum absolute atomic E-state index is 6.36. The number of piperidine rings is 1. The van der Waals surface area contributed by atoms with Crippen LogP contribution in [0, 0.1) is 6.92 Å². The smallest absolute Gasteiger partial charge is 0.202 e. The Hall–Kier alpha value is -1.89. The van der Waals surface area contributed by atoms with E-state index in [1.807, 2.05) is 19.1 Å². The highest BCUT2D eigenvalue weighted by Gasteiger charge is 2.28. The number of rotatable bonds is 2. The molecule has 26 heavy (non-hydrogen) atoms. The van der Waals surface area contributed by atoms with Gasteiger partial charge in [-0.2, -0.15) is 5.10 Å². The van der Waals surface area contributed by atoms with Crippen LogP contribution in [-0.4, -0.2) is 38.8 Å². The van der Waals surface area contributed by atoms with Crippen LogP contribution in [0.1, 0.15) is 25.5 Å². The molecule has 0 aliphatic carbocycles. The number of benzene rings is 1. The van der Waals surface area contributed by atoms with Crippen LogP contribution in [0.3, 0.4) is 0 Å². The van der Waals surface area contributed by atoms with E-state index in [0.29, 0.717) is 21.2 Å². The topological polar surface area (TPSA) is 83.7 Å². The Balaban J connectivity index is 1.75. The van der Waals surface area contributed by atoms with E-state index in [4.69, 9.17) is 38.9 Å². The van der Waals surface area contributed by atoms with Crippen LogP contribution in [0.2, 0.25) is 10.0 Å². The molecule has 3 aromatic rings. The Morgan fingerprint density at radius 3 is 2.65 bits per heavy atom. The third kappa shape index (κ3) is 3.02. The molecule has 0 bridgehead atoms. The van der Waals surface area contributed by atoms with E-state index in [9.17, 15) is 0 Å². The van der Waals surface area contributed by atoms with Gasteiger partial charge in [0.15, 0.2) is 5.82 Å². The van der Waals surface area contributed by atoms with Gasteiger partial charge >= 0.3 is 0 Å². The van der Waals surface area contributed by atoms with Crippen molar-refractivity contribution in [2.45, 2.75) is 32.2 Å². The second-order valence-electron chi connectivity index (χ2n) is 7.15. The number of aryl methyl sites for hydroxylation is 1. The summed E-state index contributed by atoms with van der Waals surface area (Å²) in [7, 11) is 0. The summed E-state index contributed by atoms with van der Waals surface area (Å²) in [6, 6.07) is 5.49. The summed E-state index contributed by atoms with van der Waals surface area (Å²) in [5, 5.41) is 8.32. The lowest BCUT2D eigenvalue weighted by atomic mass is 9.91. The summed E-state index contributed by atoms with van der Waals surface area (Å²) in [6.45, 7) is 5.80. The number of H-pyrrole nitrogens is 1. The second kappa shape index (κ2) is 6.37. The number of aromatic nitrogens is 4. The van der Waals surface area contributed by atoms with Crippen molar-refractivity contribution in [1.82, 2.24) is 20.2 Å². The molecule has 0 spiro atoms. The predicted octanol–water partition coefficient (Wildman–Crippen LogP) is 3.95. The summed E-state index contributed by atoms with van der Waals surface area (Å²) in [5.41, 5.74) is 9.74. The zero-order chi connectivity index (χ0) is 18.5. The van der Waals surface area contributed by atoms with Crippen LogP contribution in [0.25, 0.3) is 22.4 Å². The zero-order valence-electron chi connectivity index (χ0n) is 14.7. The SMILES string of the molecule is Cc1nc2c(-c3cccc(Cl)c3Cl)[nH]nc2nc1N1CCC(C)(N)CC1. The van der Waals surface area contributed by atoms with Gasteiger partial charge in [0.25, 0.3) is 0 Å². The first-order valence-corrected chi connectivity index (χ1v) is 9.32. The third-order valence-electron chi connectivity index (χ3n) is 4.96. The zero-order valence-corrected chi connectivity index (χ0v) is 16.2. The molecule has 0 unspecified atom stereocenters. The van der Waals surface area contributed by atoms with E-state index >= 15 is 0 Å². The number of nitrogens with one attached hydrogen (secondary N) is 1. The fourth-order valence-corrected chi connectivity index (χ4v) is 3.72.